The largest absolute Gasteiger partial charge is 0.497 e. The van der Waals surface area contributed by atoms with Gasteiger partial charge in [-0.2, -0.15) is 0 Å². The Balaban J connectivity index is 1.52. The van der Waals surface area contributed by atoms with Gasteiger partial charge in [-0.1, -0.05) is 0 Å². The van der Waals surface area contributed by atoms with E-state index in [2.05, 4.69) is 15.3 Å². The molecule has 0 aliphatic carbocycles. The van der Waals surface area contributed by atoms with Crippen molar-refractivity contribution in [3.63, 3.8) is 0 Å². The average molecular weight is 408 g/mol. The minimum atomic E-state index is -0.535. The minimum absolute atomic E-state index is 0.0801. The van der Waals surface area contributed by atoms with E-state index in [0.29, 0.717) is 33.8 Å². The minimum Gasteiger partial charge on any atom is -0.497 e. The summed E-state index contributed by atoms with van der Waals surface area (Å²) in [6.07, 6.45) is 1.41. The average Bonchev–Trinajstić information content (AvgIpc) is 3.15. The highest BCUT2D eigenvalue weighted by molar-refractivity contribution is 6.04. The van der Waals surface area contributed by atoms with E-state index in [0.717, 1.165) is 0 Å². The van der Waals surface area contributed by atoms with Gasteiger partial charge in [0.15, 0.2) is 0 Å². The molecule has 0 spiro atoms. The highest BCUT2D eigenvalue weighted by Gasteiger charge is 2.36. The third-order valence-corrected chi connectivity index (χ3v) is 5.08. The smallest absolute Gasteiger partial charge is 0.258 e. The van der Waals surface area contributed by atoms with E-state index in [1.54, 1.807) is 43.5 Å². The predicted octanol–water partition coefficient (Wildman–Crippen LogP) is 1.93. The number of H-pyrrole nitrogens is 1. The van der Waals surface area contributed by atoms with Gasteiger partial charge >= 0.3 is 0 Å². The van der Waals surface area contributed by atoms with Crippen molar-refractivity contribution < 1.29 is 19.1 Å². The zero-order valence-electron chi connectivity index (χ0n) is 16.5. The molecular weight excluding hydrogens is 388 g/mol. The van der Waals surface area contributed by atoms with Gasteiger partial charge in [-0.05, 0) is 30.3 Å². The zero-order chi connectivity index (χ0) is 21.3. The zero-order valence-corrected chi connectivity index (χ0v) is 16.5. The van der Waals surface area contributed by atoms with Gasteiger partial charge in [0, 0.05) is 24.7 Å². The summed E-state index contributed by atoms with van der Waals surface area (Å²) < 4.78 is 10.6. The number of hydrogen-bond donors (Lipinski definition) is 2. The maximum absolute atomic E-state index is 12.8. The number of amides is 2. The molecule has 154 valence electrons. The molecule has 9 heteroatoms. The second-order valence-corrected chi connectivity index (χ2v) is 6.90. The molecule has 1 fully saturated rings. The Bertz CT molecular complexity index is 1190. The number of methoxy groups -OCH3 is 2. The van der Waals surface area contributed by atoms with E-state index < -0.39 is 5.92 Å². The maximum atomic E-state index is 12.8. The second kappa shape index (κ2) is 7.86. The summed E-state index contributed by atoms with van der Waals surface area (Å²) in [5.41, 5.74) is 1.30. The van der Waals surface area contributed by atoms with E-state index in [4.69, 9.17) is 9.47 Å². The molecule has 1 aliphatic rings. The summed E-state index contributed by atoms with van der Waals surface area (Å²) in [7, 11) is 3.06. The van der Waals surface area contributed by atoms with Crippen LogP contribution in [-0.2, 0) is 9.59 Å². The monoisotopic (exact) mass is 408 g/mol. The highest BCUT2D eigenvalue weighted by atomic mass is 16.5. The summed E-state index contributed by atoms with van der Waals surface area (Å²) >= 11 is 0. The van der Waals surface area contributed by atoms with Crippen LogP contribution in [0.15, 0.2) is 47.5 Å². The SMILES string of the molecule is COc1ccc(N2CC(C(=O)Nc3ccc4nc[nH]c(=O)c4c3)CC2=O)c(OC)c1. The Hall–Kier alpha value is -3.88. The normalized spacial score (nSPS) is 16.0. The first-order valence-corrected chi connectivity index (χ1v) is 9.31. The highest BCUT2D eigenvalue weighted by Crippen LogP contribution is 2.36. The summed E-state index contributed by atoms with van der Waals surface area (Å²) in [5, 5.41) is 3.17. The molecule has 2 heterocycles. The number of nitrogens with zero attached hydrogens (tertiary/aromatic N) is 2. The number of aromatic amines is 1. The van der Waals surface area contributed by atoms with Crippen molar-refractivity contribution in [3.8, 4) is 11.5 Å². The van der Waals surface area contributed by atoms with Crippen LogP contribution in [0.1, 0.15) is 6.42 Å². The summed E-state index contributed by atoms with van der Waals surface area (Å²) in [6, 6.07) is 10.1. The van der Waals surface area contributed by atoms with Gasteiger partial charge < -0.3 is 24.7 Å². The lowest BCUT2D eigenvalue weighted by atomic mass is 10.1. The van der Waals surface area contributed by atoms with Gasteiger partial charge in [-0.15, -0.1) is 0 Å². The molecule has 3 aromatic rings. The van der Waals surface area contributed by atoms with Crippen molar-refractivity contribution in [2.45, 2.75) is 6.42 Å². The van der Waals surface area contributed by atoms with Crippen LogP contribution in [0, 0.1) is 5.92 Å². The molecule has 4 rings (SSSR count). The van der Waals surface area contributed by atoms with Gasteiger partial charge in [-0.3, -0.25) is 14.4 Å². The molecule has 1 aliphatic heterocycles. The number of fused-ring (bicyclic) bond motifs is 1. The Morgan fingerprint density at radius 1 is 1.17 bits per heavy atom. The van der Waals surface area contributed by atoms with Gasteiger partial charge in [-0.25, -0.2) is 4.98 Å². The number of rotatable bonds is 5. The molecule has 2 aromatic carbocycles. The second-order valence-electron chi connectivity index (χ2n) is 6.90. The molecule has 0 saturated carbocycles. The lowest BCUT2D eigenvalue weighted by Gasteiger charge is -2.20. The topological polar surface area (TPSA) is 114 Å². The van der Waals surface area contributed by atoms with Crippen LogP contribution in [0.3, 0.4) is 0 Å². The third kappa shape index (κ3) is 3.57. The lowest BCUT2D eigenvalue weighted by Crippen LogP contribution is -2.28. The number of carbonyl (C=O) groups is 2. The van der Waals surface area contributed by atoms with Crippen LogP contribution in [-0.4, -0.2) is 42.5 Å². The lowest BCUT2D eigenvalue weighted by molar-refractivity contribution is -0.122. The van der Waals surface area contributed by atoms with Crippen molar-refractivity contribution in [2.24, 2.45) is 5.92 Å². The Morgan fingerprint density at radius 3 is 2.77 bits per heavy atom. The van der Waals surface area contributed by atoms with Crippen molar-refractivity contribution in [1.82, 2.24) is 9.97 Å². The van der Waals surface area contributed by atoms with E-state index in [1.165, 1.54) is 18.3 Å². The predicted molar refractivity (Wildman–Crippen MR) is 111 cm³/mol. The molecule has 0 radical (unpaired) electrons. The fourth-order valence-electron chi connectivity index (χ4n) is 3.51. The van der Waals surface area contributed by atoms with Gasteiger partial charge in [0.05, 0.1) is 43.1 Å². The fourth-order valence-corrected chi connectivity index (χ4v) is 3.51. The van der Waals surface area contributed by atoms with Crippen molar-refractivity contribution in [2.75, 3.05) is 31.0 Å². The van der Waals surface area contributed by atoms with Crippen molar-refractivity contribution in [1.29, 1.82) is 0 Å². The number of aromatic nitrogens is 2. The van der Waals surface area contributed by atoms with Crippen LogP contribution >= 0.6 is 0 Å². The summed E-state index contributed by atoms with van der Waals surface area (Å²) in [4.78, 5) is 45.4. The quantitative estimate of drug-likeness (QED) is 0.667. The maximum Gasteiger partial charge on any atom is 0.258 e. The number of nitrogens with one attached hydrogen (secondary N) is 2. The number of benzene rings is 2. The first kappa shape index (κ1) is 19.4. The Morgan fingerprint density at radius 2 is 2.00 bits per heavy atom. The van der Waals surface area contributed by atoms with Crippen LogP contribution in [0.25, 0.3) is 10.9 Å². The van der Waals surface area contributed by atoms with Gasteiger partial charge in [0.2, 0.25) is 11.8 Å². The van der Waals surface area contributed by atoms with Crippen LogP contribution in [0.5, 0.6) is 11.5 Å². The number of hydrogen-bond acceptors (Lipinski definition) is 6. The molecule has 2 N–H and O–H groups in total. The van der Waals surface area contributed by atoms with E-state index in [-0.39, 0.29) is 30.3 Å². The molecule has 30 heavy (non-hydrogen) atoms. The van der Waals surface area contributed by atoms with E-state index in [9.17, 15) is 14.4 Å². The first-order chi connectivity index (χ1) is 14.5. The van der Waals surface area contributed by atoms with Crippen LogP contribution < -0.4 is 25.2 Å². The molecule has 2 amide bonds. The Labute approximate surface area is 171 Å². The van der Waals surface area contributed by atoms with Crippen LogP contribution in [0.2, 0.25) is 0 Å². The molecule has 0 bridgehead atoms. The summed E-state index contributed by atoms with van der Waals surface area (Å²) in [5.74, 6) is 0.102. The van der Waals surface area contributed by atoms with E-state index >= 15 is 0 Å². The van der Waals surface area contributed by atoms with Gasteiger partial charge in [0.1, 0.15) is 11.5 Å². The molecule has 1 atom stereocenters. The third-order valence-electron chi connectivity index (χ3n) is 5.08. The number of anilines is 2. The summed E-state index contributed by atoms with van der Waals surface area (Å²) in [6.45, 7) is 0.225. The molecular formula is C21H20N4O5. The molecule has 9 nitrogen and oxygen atoms in total. The molecule has 1 saturated heterocycles. The van der Waals surface area contributed by atoms with Gasteiger partial charge in [0.25, 0.3) is 5.56 Å². The number of carbonyl (C=O) groups excluding carboxylic acids is 2. The fraction of sp³-hybridized carbons (Fsp3) is 0.238. The standard InChI is InChI=1S/C21H20N4O5/c1-29-14-4-6-17(18(9-14)30-2)25-10-12(7-19(25)26)20(27)24-13-3-5-16-15(8-13)21(28)23-11-22-16/h3-6,8-9,11-12H,7,10H2,1-2H3,(H,24,27)(H,22,23,28). The first-order valence-electron chi connectivity index (χ1n) is 9.31. The number of ether oxygens (including phenoxy) is 2. The molecule has 1 unspecified atom stereocenters. The Kier molecular flexibility index (Phi) is 5.09. The molecule has 1 aromatic heterocycles. The van der Waals surface area contributed by atoms with E-state index in [1.807, 2.05) is 0 Å². The van der Waals surface area contributed by atoms with Crippen molar-refractivity contribution in [3.05, 3.63) is 53.1 Å². The van der Waals surface area contributed by atoms with Crippen molar-refractivity contribution >= 4 is 34.1 Å². The van der Waals surface area contributed by atoms with Crippen LogP contribution in [0.4, 0.5) is 11.4 Å².